The van der Waals surface area contributed by atoms with Gasteiger partial charge in [0.25, 0.3) is 5.91 Å². The number of alkyl halides is 3. The lowest BCUT2D eigenvalue weighted by atomic mass is 9.98. The Bertz CT molecular complexity index is 1510. The fourth-order valence-electron chi connectivity index (χ4n) is 4.30. The highest BCUT2D eigenvalue weighted by Gasteiger charge is 2.30. The summed E-state index contributed by atoms with van der Waals surface area (Å²) in [5, 5.41) is 10.2. The van der Waals surface area contributed by atoms with Crippen molar-refractivity contribution in [3.63, 3.8) is 0 Å². The van der Waals surface area contributed by atoms with Crippen molar-refractivity contribution >= 4 is 5.91 Å². The summed E-state index contributed by atoms with van der Waals surface area (Å²) in [6, 6.07) is 33.4. The Balaban J connectivity index is 1.32. The zero-order valence-corrected chi connectivity index (χ0v) is 20.2. The van der Waals surface area contributed by atoms with Crippen LogP contribution in [0.3, 0.4) is 0 Å². The van der Waals surface area contributed by atoms with Gasteiger partial charge in [-0.3, -0.25) is 9.89 Å². The highest BCUT2D eigenvalue weighted by Crippen LogP contribution is 2.32. The van der Waals surface area contributed by atoms with Gasteiger partial charge in [-0.2, -0.15) is 18.3 Å². The molecule has 0 unspecified atom stereocenters. The zero-order valence-electron chi connectivity index (χ0n) is 20.2. The first-order chi connectivity index (χ1) is 18.4. The first-order valence-corrected chi connectivity index (χ1v) is 12.1. The normalized spacial score (nSPS) is 12.2. The monoisotopic (exact) mass is 511 g/mol. The molecule has 0 fully saturated rings. The van der Waals surface area contributed by atoms with Crippen molar-refractivity contribution in [3.05, 3.63) is 138 Å². The van der Waals surface area contributed by atoms with E-state index in [2.05, 4.69) is 15.5 Å². The number of carbonyl (C=O) groups is 1. The maximum Gasteiger partial charge on any atom is 0.416 e. The Labute approximate surface area is 218 Å². The Kier molecular flexibility index (Phi) is 7.09. The van der Waals surface area contributed by atoms with Crippen LogP contribution < -0.4 is 5.32 Å². The molecule has 190 valence electrons. The molecule has 4 nitrogen and oxygen atoms in total. The molecule has 1 atom stereocenters. The van der Waals surface area contributed by atoms with Crippen molar-refractivity contribution in [3.8, 4) is 22.5 Å². The number of rotatable bonds is 7. The van der Waals surface area contributed by atoms with Crippen molar-refractivity contribution in [1.82, 2.24) is 15.5 Å². The van der Waals surface area contributed by atoms with E-state index in [-0.39, 0.29) is 11.9 Å². The summed E-state index contributed by atoms with van der Waals surface area (Å²) < 4.78 is 39.2. The number of nitrogens with zero attached hydrogens (tertiary/aromatic N) is 1. The largest absolute Gasteiger partial charge is 0.416 e. The van der Waals surface area contributed by atoms with E-state index in [1.807, 2.05) is 60.7 Å². The maximum absolute atomic E-state index is 13.1. The lowest BCUT2D eigenvalue weighted by Crippen LogP contribution is -2.30. The van der Waals surface area contributed by atoms with E-state index in [1.54, 1.807) is 36.4 Å². The van der Waals surface area contributed by atoms with E-state index in [4.69, 9.17) is 0 Å². The molecule has 1 heterocycles. The van der Waals surface area contributed by atoms with Gasteiger partial charge in [0.2, 0.25) is 0 Å². The zero-order chi connectivity index (χ0) is 26.5. The maximum atomic E-state index is 13.1. The molecule has 0 saturated carbocycles. The molecule has 7 heteroatoms. The van der Waals surface area contributed by atoms with Crippen LogP contribution in [-0.2, 0) is 12.6 Å². The van der Waals surface area contributed by atoms with Crippen LogP contribution in [0.25, 0.3) is 22.5 Å². The predicted molar refractivity (Wildman–Crippen MR) is 141 cm³/mol. The van der Waals surface area contributed by atoms with Crippen LogP contribution in [-0.4, -0.2) is 16.1 Å². The molecule has 5 aromatic rings. The molecule has 0 aliphatic heterocycles. The van der Waals surface area contributed by atoms with Gasteiger partial charge in [-0.1, -0.05) is 84.9 Å². The summed E-state index contributed by atoms with van der Waals surface area (Å²) in [5.41, 5.74) is 4.07. The fraction of sp³-hybridized carbons (Fsp3) is 0.0968. The van der Waals surface area contributed by atoms with Crippen LogP contribution in [0, 0.1) is 0 Å². The van der Waals surface area contributed by atoms with Gasteiger partial charge in [-0.15, -0.1) is 0 Å². The first kappa shape index (κ1) is 25.0. The minimum atomic E-state index is -4.42. The van der Waals surface area contributed by atoms with Crippen LogP contribution in [0.15, 0.2) is 115 Å². The van der Waals surface area contributed by atoms with Crippen molar-refractivity contribution in [2.45, 2.75) is 18.6 Å². The number of nitrogens with one attached hydrogen (secondary N) is 2. The van der Waals surface area contributed by atoms with Crippen LogP contribution in [0.5, 0.6) is 0 Å². The van der Waals surface area contributed by atoms with Crippen molar-refractivity contribution in [1.29, 1.82) is 0 Å². The second kappa shape index (κ2) is 10.8. The smallest absolute Gasteiger partial charge is 0.345 e. The number of H-pyrrole nitrogens is 1. The number of carbonyl (C=O) groups excluding carboxylic acids is 1. The van der Waals surface area contributed by atoms with E-state index >= 15 is 0 Å². The predicted octanol–water partition coefficient (Wildman–Crippen LogP) is 7.48. The average molecular weight is 512 g/mol. The summed E-state index contributed by atoms with van der Waals surface area (Å²) in [4.78, 5) is 13.1. The van der Waals surface area contributed by atoms with Gasteiger partial charge >= 0.3 is 6.18 Å². The van der Waals surface area contributed by atoms with Crippen molar-refractivity contribution in [2.24, 2.45) is 0 Å². The number of amides is 1. The number of aromatic amines is 1. The fourth-order valence-corrected chi connectivity index (χ4v) is 4.30. The molecule has 5 rings (SSSR count). The molecule has 0 radical (unpaired) electrons. The molecule has 4 aromatic carbocycles. The van der Waals surface area contributed by atoms with E-state index in [0.29, 0.717) is 28.9 Å². The quantitative estimate of drug-likeness (QED) is 0.238. The summed E-state index contributed by atoms with van der Waals surface area (Å²) in [6.45, 7) is 0. The number of halogens is 3. The Morgan fingerprint density at radius 3 is 2.16 bits per heavy atom. The molecular weight excluding hydrogens is 487 g/mol. The summed E-state index contributed by atoms with van der Waals surface area (Å²) >= 11 is 0. The highest BCUT2D eigenvalue weighted by atomic mass is 19.4. The van der Waals surface area contributed by atoms with E-state index in [1.165, 1.54) is 6.07 Å². The SMILES string of the molecule is O=C(N[C@@H](Cc1ccccc1)c1ccccc1)c1ccc(-c2cc(-c3cccc(C(F)(F)F)c3)n[nH]2)cc1. The average Bonchev–Trinajstić information content (AvgIpc) is 3.44. The Hall–Kier alpha value is -4.65. The number of hydrogen-bond donors (Lipinski definition) is 2. The standard InChI is InChI=1S/C31H24F3N3O/c32-31(33,34)26-13-7-12-25(19-26)29-20-28(36-37-29)23-14-16-24(17-15-23)30(38)35-27(22-10-5-2-6-11-22)18-21-8-3-1-4-9-21/h1-17,19-20,27H,18H2,(H,35,38)(H,36,37)/t27-/m0/s1. The van der Waals surface area contributed by atoms with Crippen LogP contribution >= 0.6 is 0 Å². The topological polar surface area (TPSA) is 57.8 Å². The summed E-state index contributed by atoms with van der Waals surface area (Å²) in [7, 11) is 0. The molecule has 2 N–H and O–H groups in total. The molecule has 0 aliphatic rings. The van der Waals surface area contributed by atoms with Gasteiger partial charge in [0.05, 0.1) is 23.0 Å². The molecule has 38 heavy (non-hydrogen) atoms. The minimum absolute atomic E-state index is 0.199. The second-order valence-corrected chi connectivity index (χ2v) is 8.95. The van der Waals surface area contributed by atoms with Gasteiger partial charge in [0, 0.05) is 11.1 Å². The molecule has 0 saturated heterocycles. The second-order valence-electron chi connectivity index (χ2n) is 8.95. The molecule has 0 spiro atoms. The molecule has 1 amide bonds. The van der Waals surface area contributed by atoms with E-state index in [9.17, 15) is 18.0 Å². The molecular formula is C31H24F3N3O. The van der Waals surface area contributed by atoms with Gasteiger partial charge in [-0.25, -0.2) is 0 Å². The van der Waals surface area contributed by atoms with E-state index < -0.39 is 11.7 Å². The van der Waals surface area contributed by atoms with Gasteiger partial charge in [-0.05, 0) is 53.4 Å². The first-order valence-electron chi connectivity index (χ1n) is 12.1. The third kappa shape index (κ3) is 5.83. The molecule has 0 bridgehead atoms. The van der Waals surface area contributed by atoms with Crippen LogP contribution in [0.1, 0.15) is 33.1 Å². The Morgan fingerprint density at radius 1 is 0.789 bits per heavy atom. The van der Waals surface area contributed by atoms with Crippen LogP contribution in [0.2, 0.25) is 0 Å². The van der Waals surface area contributed by atoms with Gasteiger partial charge < -0.3 is 5.32 Å². The summed E-state index contributed by atoms with van der Waals surface area (Å²) in [5.74, 6) is -0.199. The third-order valence-corrected chi connectivity index (χ3v) is 6.31. The van der Waals surface area contributed by atoms with Crippen molar-refractivity contribution < 1.29 is 18.0 Å². The highest BCUT2D eigenvalue weighted by molar-refractivity contribution is 5.95. The van der Waals surface area contributed by atoms with Crippen LogP contribution in [0.4, 0.5) is 13.2 Å². The number of hydrogen-bond acceptors (Lipinski definition) is 2. The minimum Gasteiger partial charge on any atom is -0.345 e. The van der Waals surface area contributed by atoms with Gasteiger partial charge in [0.1, 0.15) is 0 Å². The van der Waals surface area contributed by atoms with E-state index in [0.717, 1.165) is 28.8 Å². The molecule has 1 aromatic heterocycles. The lowest BCUT2D eigenvalue weighted by Gasteiger charge is -2.20. The summed E-state index contributed by atoms with van der Waals surface area (Å²) in [6.07, 6.45) is -3.77. The molecule has 0 aliphatic carbocycles. The lowest BCUT2D eigenvalue weighted by molar-refractivity contribution is -0.137. The Morgan fingerprint density at radius 2 is 1.47 bits per heavy atom. The number of benzene rings is 4. The van der Waals surface area contributed by atoms with Crippen molar-refractivity contribution in [2.75, 3.05) is 0 Å². The number of aromatic nitrogens is 2. The third-order valence-electron chi connectivity index (χ3n) is 6.31. The van der Waals surface area contributed by atoms with Gasteiger partial charge in [0.15, 0.2) is 0 Å².